The molecule has 9 nitrogen and oxygen atoms in total. The van der Waals surface area contributed by atoms with Crippen molar-refractivity contribution >= 4 is 48.6 Å². The number of anilines is 1. The minimum Gasteiger partial charge on any atom is -0.462 e. The molecule has 0 radical (unpaired) electrons. The van der Waals surface area contributed by atoms with Gasteiger partial charge in [-0.2, -0.15) is 4.31 Å². The number of nitrogens with one attached hydrogen (secondary N) is 1. The third-order valence-corrected chi connectivity index (χ3v) is 10.7. The Morgan fingerprint density at radius 3 is 2.45 bits per heavy atom. The fraction of sp³-hybridized carbons (Fsp3) is 0.483. The number of esters is 1. The maximum atomic E-state index is 13.6. The Balaban J connectivity index is 1.35. The average Bonchev–Trinajstić information content (AvgIpc) is 3.61. The second kappa shape index (κ2) is 12.3. The summed E-state index contributed by atoms with van der Waals surface area (Å²) in [6.45, 7) is 4.41. The van der Waals surface area contributed by atoms with Gasteiger partial charge in [0.2, 0.25) is 15.9 Å². The van der Waals surface area contributed by atoms with Gasteiger partial charge in [-0.05, 0) is 62.2 Å². The number of likely N-dealkylation sites (N-methyl/N-ethyl adjacent to an activating group) is 1. The zero-order valence-electron chi connectivity index (χ0n) is 23.0. The molecule has 11 heteroatoms. The molecular formula is C29H36N4O5S2. The van der Waals surface area contributed by atoms with Crippen molar-refractivity contribution in [3.63, 3.8) is 0 Å². The van der Waals surface area contributed by atoms with Gasteiger partial charge in [0.1, 0.15) is 0 Å². The molecule has 2 aromatic carbocycles. The Morgan fingerprint density at radius 2 is 1.77 bits per heavy atom. The summed E-state index contributed by atoms with van der Waals surface area (Å²) in [6.07, 6.45) is 5.23. The van der Waals surface area contributed by atoms with Crippen LogP contribution in [-0.2, 0) is 19.6 Å². The van der Waals surface area contributed by atoms with Gasteiger partial charge < -0.3 is 15.0 Å². The summed E-state index contributed by atoms with van der Waals surface area (Å²) in [7, 11) is -1.59. The Kier molecular flexibility index (Phi) is 8.84. The molecule has 0 unspecified atom stereocenters. The first kappa shape index (κ1) is 28.7. The molecule has 1 aliphatic carbocycles. The van der Waals surface area contributed by atoms with Crippen LogP contribution >= 0.6 is 11.3 Å². The van der Waals surface area contributed by atoms with E-state index in [9.17, 15) is 18.0 Å². The molecule has 1 aromatic heterocycles. The predicted octanol–water partition coefficient (Wildman–Crippen LogP) is 4.71. The molecule has 1 amide bonds. The van der Waals surface area contributed by atoms with Crippen molar-refractivity contribution in [3.05, 3.63) is 53.6 Å². The molecule has 3 aromatic rings. The van der Waals surface area contributed by atoms with E-state index in [1.807, 2.05) is 7.05 Å². The van der Waals surface area contributed by atoms with Gasteiger partial charge in [0.05, 0.1) is 33.2 Å². The van der Waals surface area contributed by atoms with E-state index in [2.05, 4.69) is 15.2 Å². The monoisotopic (exact) mass is 584 g/mol. The molecule has 40 heavy (non-hydrogen) atoms. The summed E-state index contributed by atoms with van der Waals surface area (Å²) in [4.78, 5) is 32.7. The predicted molar refractivity (Wildman–Crippen MR) is 156 cm³/mol. The zero-order chi connectivity index (χ0) is 28.3. The van der Waals surface area contributed by atoms with Gasteiger partial charge in [-0.15, -0.1) is 0 Å². The van der Waals surface area contributed by atoms with Gasteiger partial charge in [-0.3, -0.25) is 4.79 Å². The minimum atomic E-state index is -3.58. The number of ether oxygens (including phenoxy) is 1. The third-order valence-electron chi connectivity index (χ3n) is 7.87. The molecule has 0 bridgehead atoms. The fourth-order valence-electron chi connectivity index (χ4n) is 5.54. The van der Waals surface area contributed by atoms with Crippen molar-refractivity contribution in [2.45, 2.75) is 49.8 Å². The van der Waals surface area contributed by atoms with Gasteiger partial charge in [-0.1, -0.05) is 49.2 Å². The molecular weight excluding hydrogens is 548 g/mol. The van der Waals surface area contributed by atoms with Crippen LogP contribution in [0.1, 0.15) is 60.9 Å². The van der Waals surface area contributed by atoms with Crippen LogP contribution in [0.5, 0.6) is 0 Å². The van der Waals surface area contributed by atoms with E-state index in [0.29, 0.717) is 61.3 Å². The fourth-order valence-corrected chi connectivity index (χ4v) is 7.87. The van der Waals surface area contributed by atoms with Crippen LogP contribution in [0, 0.1) is 5.92 Å². The van der Waals surface area contributed by atoms with E-state index in [0.717, 1.165) is 23.1 Å². The van der Waals surface area contributed by atoms with Crippen molar-refractivity contribution in [1.82, 2.24) is 14.2 Å². The Hall–Kier alpha value is -2.86. The molecule has 1 saturated heterocycles. The number of carbonyl (C=O) groups is 2. The smallest absolute Gasteiger partial charge is 0.338 e. The van der Waals surface area contributed by atoms with Crippen molar-refractivity contribution in [2.24, 2.45) is 5.92 Å². The molecule has 2 aliphatic rings. The highest BCUT2D eigenvalue weighted by atomic mass is 32.2. The number of sulfonamides is 1. The van der Waals surface area contributed by atoms with E-state index in [1.54, 1.807) is 49.4 Å². The van der Waals surface area contributed by atoms with E-state index < -0.39 is 21.9 Å². The number of hydrogen-bond donors (Lipinski definition) is 1. The van der Waals surface area contributed by atoms with Crippen LogP contribution < -0.4 is 5.32 Å². The Morgan fingerprint density at radius 1 is 1.07 bits per heavy atom. The summed E-state index contributed by atoms with van der Waals surface area (Å²) < 4.78 is 33.8. The van der Waals surface area contributed by atoms with E-state index >= 15 is 0 Å². The zero-order valence-corrected chi connectivity index (χ0v) is 24.6. The van der Waals surface area contributed by atoms with E-state index in [4.69, 9.17) is 4.74 Å². The highest BCUT2D eigenvalue weighted by Gasteiger charge is 2.30. The largest absolute Gasteiger partial charge is 0.462 e. The summed E-state index contributed by atoms with van der Waals surface area (Å²) in [5, 5.41) is 3.46. The second-order valence-electron chi connectivity index (χ2n) is 10.6. The quantitative estimate of drug-likeness (QED) is 0.363. The minimum absolute atomic E-state index is 0.161. The Labute approximate surface area is 239 Å². The number of amides is 1. The number of piperazine rings is 1. The van der Waals surface area contributed by atoms with E-state index in [1.165, 1.54) is 28.5 Å². The summed E-state index contributed by atoms with van der Waals surface area (Å²) in [5.41, 5.74) is 1.94. The topological polar surface area (TPSA) is 109 Å². The van der Waals surface area contributed by atoms with Gasteiger partial charge in [-0.25, -0.2) is 18.2 Å². The van der Waals surface area contributed by atoms with Crippen molar-refractivity contribution in [3.8, 4) is 0 Å². The van der Waals surface area contributed by atoms with E-state index in [-0.39, 0.29) is 10.8 Å². The molecule has 1 N–H and O–H groups in total. The highest BCUT2D eigenvalue weighted by Crippen LogP contribution is 2.36. The number of hydrogen-bond acceptors (Lipinski definition) is 8. The number of thiazole rings is 1. The summed E-state index contributed by atoms with van der Waals surface area (Å²) in [6, 6.07) is 12.0. The highest BCUT2D eigenvalue weighted by molar-refractivity contribution is 7.89. The molecule has 0 spiro atoms. The molecule has 1 aliphatic heterocycles. The van der Waals surface area contributed by atoms with Crippen molar-refractivity contribution < 1.29 is 22.7 Å². The first-order valence-electron chi connectivity index (χ1n) is 13.9. The molecule has 1 saturated carbocycles. The number of nitrogens with zero attached hydrogens (tertiary/aromatic N) is 3. The van der Waals surface area contributed by atoms with Crippen LogP contribution in [0.3, 0.4) is 0 Å². The van der Waals surface area contributed by atoms with Gasteiger partial charge in [0, 0.05) is 26.2 Å². The second-order valence-corrected chi connectivity index (χ2v) is 13.6. The lowest BCUT2D eigenvalue weighted by Crippen LogP contribution is -2.47. The molecule has 2 heterocycles. The van der Waals surface area contributed by atoms with Crippen LogP contribution in [0.4, 0.5) is 5.13 Å². The van der Waals surface area contributed by atoms with Gasteiger partial charge >= 0.3 is 5.97 Å². The number of rotatable bonds is 9. The van der Waals surface area contributed by atoms with Crippen LogP contribution in [0.15, 0.2) is 47.4 Å². The first-order valence-corrected chi connectivity index (χ1v) is 16.2. The third kappa shape index (κ3) is 6.38. The van der Waals surface area contributed by atoms with Crippen LogP contribution in [0.25, 0.3) is 10.2 Å². The molecule has 2 fully saturated rings. The average molecular weight is 585 g/mol. The number of carbonyl (C=O) groups excluding carboxylic acids is 2. The standard InChI is InChI=1S/C29H36N4O5S2/c1-3-38-28(35)22-10-13-25-26(19-22)39-29(30-25)31-27(34)24(18-20-6-4-5-7-20)21-8-11-23(12-9-21)40(36,37)33-16-14-32(2)15-17-33/h8-13,19-20,24H,3-7,14-18H2,1-2H3,(H,30,31,34)/t24-/m1/s1. The summed E-state index contributed by atoms with van der Waals surface area (Å²) in [5.74, 6) is -0.526. The maximum absolute atomic E-state index is 13.6. The molecule has 1 atom stereocenters. The number of fused-ring (bicyclic) bond motifs is 1. The molecule has 214 valence electrons. The van der Waals surface area contributed by atoms with Gasteiger partial charge in [0.15, 0.2) is 5.13 Å². The lowest BCUT2D eigenvalue weighted by atomic mass is 9.87. The van der Waals surface area contributed by atoms with Crippen molar-refractivity contribution in [2.75, 3.05) is 45.2 Å². The van der Waals surface area contributed by atoms with Crippen LogP contribution in [-0.4, -0.2) is 74.3 Å². The van der Waals surface area contributed by atoms with Gasteiger partial charge in [0.25, 0.3) is 0 Å². The normalized spacial score (nSPS) is 18.1. The Bertz CT molecular complexity index is 1460. The lowest BCUT2D eigenvalue weighted by Gasteiger charge is -2.31. The summed E-state index contributed by atoms with van der Waals surface area (Å²) >= 11 is 1.31. The van der Waals surface area contributed by atoms with Crippen LogP contribution in [0.2, 0.25) is 0 Å². The maximum Gasteiger partial charge on any atom is 0.338 e. The number of benzene rings is 2. The lowest BCUT2D eigenvalue weighted by molar-refractivity contribution is -0.118. The number of aromatic nitrogens is 1. The SMILES string of the molecule is CCOC(=O)c1ccc2nc(NC(=O)[C@H](CC3CCCC3)c3ccc(S(=O)(=O)N4CCN(C)CC4)cc3)sc2c1. The van der Waals surface area contributed by atoms with Crippen molar-refractivity contribution in [1.29, 1.82) is 0 Å². The molecule has 5 rings (SSSR count). The first-order chi connectivity index (χ1) is 19.2.